The highest BCUT2D eigenvalue weighted by Gasteiger charge is 2.53. The first-order chi connectivity index (χ1) is 32.0. The molecule has 65 heavy (non-hydrogen) atoms. The fourth-order valence-corrected chi connectivity index (χ4v) is 15.3. The van der Waals surface area contributed by atoms with Crippen LogP contribution in [0.5, 0.6) is 0 Å². The van der Waals surface area contributed by atoms with Crippen molar-refractivity contribution in [3.05, 3.63) is 219 Å². The van der Waals surface area contributed by atoms with E-state index in [-0.39, 0.29) is 5.41 Å². The summed E-state index contributed by atoms with van der Waals surface area (Å²) in [5.41, 5.74) is 29.8. The average molecular weight is 836 g/mol. The normalized spacial score (nSPS) is 22.1. The Morgan fingerprint density at radius 3 is 1.51 bits per heavy atom. The van der Waals surface area contributed by atoms with Gasteiger partial charge in [0.15, 0.2) is 0 Å². The van der Waals surface area contributed by atoms with Crippen molar-refractivity contribution >= 4 is 17.1 Å². The lowest BCUT2D eigenvalue weighted by Gasteiger charge is -2.48. The number of hydrogen-bond donors (Lipinski definition) is 0. The van der Waals surface area contributed by atoms with E-state index in [1.807, 2.05) is 0 Å². The van der Waals surface area contributed by atoms with Gasteiger partial charge in [-0.15, -0.1) is 0 Å². The minimum absolute atomic E-state index is 0.169. The van der Waals surface area contributed by atoms with Crippen LogP contribution in [0.3, 0.4) is 0 Å². The summed E-state index contributed by atoms with van der Waals surface area (Å²) in [5, 5.41) is 0. The SMILES string of the molecule is CC1(C)c2cc(-c3ccccc3)ccc2-c2ccc(N(c3cccc4c3-c3ccccc3C43c4ccccc4-c4ccccc43)c3c4c(cc5c3C3CCC5CC3)C3CCC4CC3)cc21. The van der Waals surface area contributed by atoms with Crippen LogP contribution in [0.25, 0.3) is 44.5 Å². The molecule has 8 aromatic carbocycles. The standard InChI is InChI=1S/C64H53N/c1-63(2)56-35-43(38-13-4-3-5-14-38)31-33-47(56)48-34-32-44(36-57(48)63)65(62-59-41-27-23-39(24-28-41)50(59)37-51-40-25-29-42(30-26-40)60(51)62)58-22-12-21-55-61(58)49-17-8-11-20-54(49)64(55)52-18-9-6-15-45(52)46-16-7-10-19-53(46)64/h3-22,31-37,39-42H,23-30H2,1-2H3. The number of hydrogen-bond acceptors (Lipinski definition) is 1. The van der Waals surface area contributed by atoms with Gasteiger partial charge in [-0.2, -0.15) is 0 Å². The molecule has 0 atom stereocenters. The van der Waals surface area contributed by atoms with Crippen LogP contribution >= 0.6 is 0 Å². The second-order valence-corrected chi connectivity index (χ2v) is 21.2. The molecule has 1 spiro atoms. The lowest BCUT2D eigenvalue weighted by molar-refractivity contribution is 0.342. The van der Waals surface area contributed by atoms with Gasteiger partial charge in [0, 0.05) is 16.7 Å². The maximum Gasteiger partial charge on any atom is 0.0726 e. The quantitative estimate of drug-likeness (QED) is 0.171. The van der Waals surface area contributed by atoms with Crippen LogP contribution in [-0.2, 0) is 10.8 Å². The molecule has 2 fully saturated rings. The molecule has 8 aromatic rings. The molecule has 0 aliphatic heterocycles. The Morgan fingerprint density at radius 1 is 0.385 bits per heavy atom. The van der Waals surface area contributed by atoms with Crippen LogP contribution in [-0.4, -0.2) is 0 Å². The van der Waals surface area contributed by atoms with Crippen molar-refractivity contribution in [3.8, 4) is 44.5 Å². The first-order valence-electron chi connectivity index (χ1n) is 24.8. The Hall–Kier alpha value is -6.44. The molecule has 9 aliphatic carbocycles. The highest BCUT2D eigenvalue weighted by Crippen LogP contribution is 2.67. The van der Waals surface area contributed by atoms with E-state index < -0.39 is 5.41 Å². The van der Waals surface area contributed by atoms with Gasteiger partial charge in [-0.25, -0.2) is 0 Å². The summed E-state index contributed by atoms with van der Waals surface area (Å²) in [7, 11) is 0. The smallest absolute Gasteiger partial charge is 0.0726 e. The second kappa shape index (κ2) is 13.1. The van der Waals surface area contributed by atoms with Gasteiger partial charge in [0.2, 0.25) is 0 Å². The van der Waals surface area contributed by atoms with Crippen LogP contribution in [0.4, 0.5) is 17.1 Å². The maximum atomic E-state index is 2.88. The fourth-order valence-electron chi connectivity index (χ4n) is 15.3. The predicted molar refractivity (Wildman–Crippen MR) is 268 cm³/mol. The molecule has 4 bridgehead atoms. The summed E-state index contributed by atoms with van der Waals surface area (Å²) < 4.78 is 0. The minimum Gasteiger partial charge on any atom is -0.309 e. The molecule has 0 saturated heterocycles. The van der Waals surface area contributed by atoms with Crippen molar-refractivity contribution < 1.29 is 0 Å². The molecule has 2 saturated carbocycles. The summed E-state index contributed by atoms with van der Waals surface area (Å²) >= 11 is 0. The predicted octanol–water partition coefficient (Wildman–Crippen LogP) is 17.0. The van der Waals surface area contributed by atoms with Gasteiger partial charge < -0.3 is 4.90 Å². The molecule has 1 heteroatoms. The minimum atomic E-state index is -0.396. The van der Waals surface area contributed by atoms with Crippen molar-refractivity contribution in [3.63, 3.8) is 0 Å². The first kappa shape index (κ1) is 36.9. The summed E-state index contributed by atoms with van der Waals surface area (Å²) in [4.78, 5) is 2.88. The molecule has 0 aromatic heterocycles. The molecule has 0 N–H and O–H groups in total. The van der Waals surface area contributed by atoms with Crippen molar-refractivity contribution in [2.24, 2.45) is 0 Å². The van der Waals surface area contributed by atoms with Crippen molar-refractivity contribution in [1.82, 2.24) is 0 Å². The zero-order valence-corrected chi connectivity index (χ0v) is 37.5. The van der Waals surface area contributed by atoms with Gasteiger partial charge in [-0.05, 0) is 194 Å². The van der Waals surface area contributed by atoms with Crippen LogP contribution in [0.15, 0.2) is 164 Å². The van der Waals surface area contributed by atoms with Crippen LogP contribution in [0.1, 0.15) is 145 Å². The van der Waals surface area contributed by atoms with Crippen LogP contribution in [0, 0.1) is 0 Å². The van der Waals surface area contributed by atoms with E-state index in [1.54, 1.807) is 27.9 Å². The lowest BCUT2D eigenvalue weighted by Crippen LogP contribution is -2.31. The summed E-state index contributed by atoms with van der Waals surface area (Å²) in [6, 6.07) is 64.0. The summed E-state index contributed by atoms with van der Waals surface area (Å²) in [6.07, 6.45) is 10.6. The van der Waals surface area contributed by atoms with Crippen molar-refractivity contribution in [2.75, 3.05) is 4.90 Å². The highest BCUT2D eigenvalue weighted by atomic mass is 15.2. The third kappa shape index (κ3) is 4.69. The van der Waals surface area contributed by atoms with Gasteiger partial charge in [0.25, 0.3) is 0 Å². The van der Waals surface area contributed by atoms with E-state index >= 15 is 0 Å². The Balaban J connectivity index is 1.03. The molecule has 0 heterocycles. The van der Waals surface area contributed by atoms with Crippen molar-refractivity contribution in [1.29, 1.82) is 0 Å². The van der Waals surface area contributed by atoms with Crippen molar-refractivity contribution in [2.45, 2.75) is 99.7 Å². The second-order valence-electron chi connectivity index (χ2n) is 21.2. The topological polar surface area (TPSA) is 3.24 Å². The van der Waals surface area contributed by atoms with E-state index in [2.05, 4.69) is 183 Å². The van der Waals surface area contributed by atoms with Gasteiger partial charge in [0.1, 0.15) is 0 Å². The lowest BCUT2D eigenvalue weighted by atomic mass is 9.60. The van der Waals surface area contributed by atoms with Crippen LogP contribution in [0.2, 0.25) is 0 Å². The van der Waals surface area contributed by atoms with Gasteiger partial charge in [0.05, 0.1) is 16.8 Å². The van der Waals surface area contributed by atoms with Gasteiger partial charge >= 0.3 is 0 Å². The van der Waals surface area contributed by atoms with E-state index in [0.717, 1.165) is 0 Å². The number of nitrogens with zero attached hydrogens (tertiary/aromatic N) is 1. The van der Waals surface area contributed by atoms with E-state index in [1.165, 1.54) is 141 Å². The third-order valence-corrected chi connectivity index (χ3v) is 18.1. The molecule has 17 rings (SSSR count). The average Bonchev–Trinajstić information content (AvgIpc) is 3.93. The zero-order chi connectivity index (χ0) is 42.8. The molecular weight excluding hydrogens is 783 g/mol. The Bertz CT molecular complexity index is 3240. The summed E-state index contributed by atoms with van der Waals surface area (Å²) in [6.45, 7) is 4.94. The Labute approximate surface area is 383 Å². The monoisotopic (exact) mass is 835 g/mol. The molecule has 9 aliphatic rings. The molecule has 0 radical (unpaired) electrons. The number of anilines is 3. The fraction of sp³-hybridized carbons (Fsp3) is 0.250. The van der Waals surface area contributed by atoms with E-state index in [9.17, 15) is 0 Å². The number of benzene rings is 8. The number of rotatable bonds is 4. The first-order valence-corrected chi connectivity index (χ1v) is 24.8. The molecule has 0 unspecified atom stereocenters. The molecular formula is C64H53N. The molecule has 314 valence electrons. The maximum absolute atomic E-state index is 2.88. The third-order valence-electron chi connectivity index (χ3n) is 18.1. The number of fused-ring (bicyclic) bond motifs is 17. The summed E-state index contributed by atoms with van der Waals surface area (Å²) in [5.74, 6) is 2.55. The van der Waals surface area contributed by atoms with Crippen LogP contribution < -0.4 is 4.90 Å². The largest absolute Gasteiger partial charge is 0.309 e. The Morgan fingerprint density at radius 2 is 0.877 bits per heavy atom. The molecule has 0 amide bonds. The van der Waals surface area contributed by atoms with E-state index in [4.69, 9.17) is 0 Å². The van der Waals surface area contributed by atoms with Gasteiger partial charge in [-0.1, -0.05) is 153 Å². The Kier molecular flexibility index (Phi) is 7.43. The molecule has 1 nitrogen and oxygen atoms in total. The van der Waals surface area contributed by atoms with Gasteiger partial charge in [-0.3, -0.25) is 0 Å². The van der Waals surface area contributed by atoms with E-state index in [0.29, 0.717) is 23.7 Å². The zero-order valence-electron chi connectivity index (χ0n) is 37.5. The highest BCUT2D eigenvalue weighted by molar-refractivity contribution is 6.02.